The molecule has 0 aliphatic carbocycles. The molecule has 0 atom stereocenters. The lowest BCUT2D eigenvalue weighted by Gasteiger charge is -2.24. The van der Waals surface area contributed by atoms with Crippen molar-refractivity contribution in [2.45, 2.75) is 162 Å². The number of rotatable bonds is 18. The number of unbranched alkanes of at least 4 members (excludes halogenated alkanes) is 10. The second kappa shape index (κ2) is 18.3. The van der Waals surface area contributed by atoms with E-state index in [0.717, 1.165) is 11.0 Å². The molecular weight excluding hydrogens is 751 g/mol. The van der Waals surface area contributed by atoms with Gasteiger partial charge in [-0.1, -0.05) is 169 Å². The smallest absolute Gasteiger partial charge is 0.114 e. The highest BCUT2D eigenvalue weighted by Gasteiger charge is 2.23. The summed E-state index contributed by atoms with van der Waals surface area (Å²) in [6.45, 7) is 18.5. The second-order valence-corrected chi connectivity index (χ2v) is 21.2. The summed E-state index contributed by atoms with van der Waals surface area (Å²) in [4.78, 5) is 5.20. The van der Waals surface area contributed by atoms with Crippen molar-refractivity contribution in [1.82, 2.24) is 13.3 Å². The van der Waals surface area contributed by atoms with Crippen LogP contribution in [0.1, 0.15) is 162 Å². The number of fused-ring (bicyclic) bond motifs is 4. The van der Waals surface area contributed by atoms with Crippen LogP contribution in [0.25, 0.3) is 64.2 Å². The predicted octanol–water partition coefficient (Wildman–Crippen LogP) is 17.6. The van der Waals surface area contributed by atoms with E-state index < -0.39 is 0 Å². The highest BCUT2D eigenvalue weighted by atomic mass is 32.1. The highest BCUT2D eigenvalue weighted by molar-refractivity contribution is 7.19. The van der Waals surface area contributed by atoms with Crippen molar-refractivity contribution in [3.63, 3.8) is 0 Å². The number of hydrogen-bond donors (Lipinski definition) is 0. The van der Waals surface area contributed by atoms with Gasteiger partial charge in [0, 0.05) is 53.0 Å². The van der Waals surface area contributed by atoms with Crippen molar-refractivity contribution < 1.29 is 0 Å². The zero-order valence-electron chi connectivity index (χ0n) is 36.0. The summed E-state index contributed by atoms with van der Waals surface area (Å²) < 4.78 is 12.5. The molecule has 0 aliphatic rings. The molecule has 3 aromatic carbocycles. The molecule has 0 aliphatic heterocycles. The fourth-order valence-corrected chi connectivity index (χ4v) is 11.3. The summed E-state index contributed by atoms with van der Waals surface area (Å²) in [7, 11) is 0. The Morgan fingerprint density at radius 3 is 1.63 bits per heavy atom. The van der Waals surface area contributed by atoms with Crippen LogP contribution in [0.4, 0.5) is 0 Å². The van der Waals surface area contributed by atoms with Crippen molar-refractivity contribution in [2.75, 3.05) is 0 Å². The first-order chi connectivity index (χ1) is 27.5. The minimum Gasteiger partial charge on any atom is -0.337 e. The molecule has 0 spiro atoms. The molecule has 0 unspecified atom stereocenters. The van der Waals surface area contributed by atoms with Gasteiger partial charge in [0.25, 0.3) is 0 Å². The van der Waals surface area contributed by atoms with Crippen LogP contribution in [-0.2, 0) is 10.8 Å². The predicted molar refractivity (Wildman–Crippen MR) is 255 cm³/mol. The van der Waals surface area contributed by atoms with Gasteiger partial charge in [-0.05, 0) is 71.2 Å². The van der Waals surface area contributed by atoms with Crippen LogP contribution >= 0.6 is 34.4 Å². The molecular formula is C51H65N3S3. The quantitative estimate of drug-likeness (QED) is 0.0808. The van der Waals surface area contributed by atoms with E-state index in [4.69, 9.17) is 8.75 Å². The third-order valence-electron chi connectivity index (χ3n) is 12.0. The van der Waals surface area contributed by atoms with Crippen LogP contribution in [-0.4, -0.2) is 13.3 Å². The molecule has 0 N–H and O–H groups in total. The van der Waals surface area contributed by atoms with Crippen molar-refractivity contribution in [3.8, 4) is 31.3 Å². The molecule has 7 rings (SSSR count). The average molecular weight is 816 g/mol. The molecule has 0 saturated carbocycles. The number of aromatic nitrogens is 3. The maximum atomic E-state index is 4.87. The maximum absolute atomic E-state index is 4.87. The van der Waals surface area contributed by atoms with Crippen LogP contribution in [0.3, 0.4) is 0 Å². The zero-order valence-corrected chi connectivity index (χ0v) is 38.4. The first-order valence-corrected chi connectivity index (χ1v) is 24.4. The molecule has 0 amide bonds. The van der Waals surface area contributed by atoms with Crippen LogP contribution in [0.5, 0.6) is 0 Å². The van der Waals surface area contributed by atoms with E-state index in [1.165, 1.54) is 165 Å². The Labute approximate surface area is 355 Å². The van der Waals surface area contributed by atoms with Gasteiger partial charge in [0.05, 0.1) is 17.2 Å². The molecule has 302 valence electrons. The van der Waals surface area contributed by atoms with Crippen LogP contribution in [0.15, 0.2) is 72.8 Å². The summed E-state index contributed by atoms with van der Waals surface area (Å²) in [5, 5.41) is 2.78. The van der Waals surface area contributed by atoms with Crippen molar-refractivity contribution in [1.29, 1.82) is 0 Å². The molecule has 7 aromatic rings. The lowest BCUT2D eigenvalue weighted by molar-refractivity contribution is 0.410. The van der Waals surface area contributed by atoms with Gasteiger partial charge in [0.1, 0.15) is 11.0 Å². The third-order valence-corrected chi connectivity index (χ3v) is 15.2. The summed E-state index contributed by atoms with van der Waals surface area (Å²) in [6.07, 6.45) is 18.6. The van der Waals surface area contributed by atoms with Crippen LogP contribution in [0.2, 0.25) is 0 Å². The summed E-state index contributed by atoms with van der Waals surface area (Å²) in [5.74, 6) is 0. The van der Waals surface area contributed by atoms with Crippen molar-refractivity contribution >= 4 is 67.2 Å². The monoisotopic (exact) mass is 815 g/mol. The lowest BCUT2D eigenvalue weighted by atomic mass is 9.86. The third kappa shape index (κ3) is 9.45. The van der Waals surface area contributed by atoms with Gasteiger partial charge in [-0.2, -0.15) is 8.75 Å². The van der Waals surface area contributed by atoms with Gasteiger partial charge in [0.15, 0.2) is 0 Å². The number of benzene rings is 3. The molecule has 4 heterocycles. The van der Waals surface area contributed by atoms with Gasteiger partial charge in [-0.15, -0.1) is 22.7 Å². The van der Waals surface area contributed by atoms with Crippen LogP contribution in [0, 0.1) is 0 Å². The zero-order chi connectivity index (χ0) is 40.2. The van der Waals surface area contributed by atoms with E-state index in [-0.39, 0.29) is 10.8 Å². The number of nitrogens with zero attached hydrogens (tertiary/aromatic N) is 3. The fourth-order valence-electron chi connectivity index (χ4n) is 8.57. The molecule has 6 heteroatoms. The van der Waals surface area contributed by atoms with E-state index in [1.54, 1.807) is 0 Å². The van der Waals surface area contributed by atoms with Crippen molar-refractivity contribution in [2.24, 2.45) is 0 Å². The summed E-state index contributed by atoms with van der Waals surface area (Å²) >= 11 is 5.08. The van der Waals surface area contributed by atoms with E-state index in [0.29, 0.717) is 6.04 Å². The number of thiophene rings is 2. The lowest BCUT2D eigenvalue weighted by Crippen LogP contribution is -2.12. The van der Waals surface area contributed by atoms with E-state index in [9.17, 15) is 0 Å². The van der Waals surface area contributed by atoms with E-state index in [2.05, 4.69) is 133 Å². The molecule has 4 aromatic heterocycles. The standard InChI is InChI=1S/C51H65N3S3/c1-9-11-13-15-17-19-21-37(22-20-18-16-14-12-10-2)54-42-33-35(23-25-38(42)39-26-24-36(34-43(39)54)50(3,4)5)44-29-30-45(55-44)40-27-28-41(49-48(40)52-57-53-49)46-31-32-47(56-46)51(6,7)8/h23-34,37H,9-22H2,1-8H3. The van der Waals surface area contributed by atoms with E-state index >= 15 is 0 Å². The Bertz CT molecular complexity index is 2370. The Balaban J connectivity index is 1.26. The summed E-state index contributed by atoms with van der Waals surface area (Å²) in [5.41, 5.74) is 10.1. The SMILES string of the molecule is CCCCCCCCC(CCCCCCCC)n1c2cc(-c3ccc(-c4ccc(-c5ccc(C(C)(C)C)s5)c5nsnc45)s3)ccc2c2ccc(C(C)(C)C)cc21. The first kappa shape index (κ1) is 41.8. The highest BCUT2D eigenvalue weighted by Crippen LogP contribution is 2.44. The molecule has 0 radical (unpaired) electrons. The van der Waals surface area contributed by atoms with Gasteiger partial charge < -0.3 is 4.57 Å². The Morgan fingerprint density at radius 2 is 1.05 bits per heavy atom. The minimum atomic E-state index is 0.0949. The first-order valence-electron chi connectivity index (χ1n) is 22.0. The summed E-state index contributed by atoms with van der Waals surface area (Å²) in [6, 6.07) is 28.8. The van der Waals surface area contributed by atoms with Gasteiger partial charge in [-0.3, -0.25) is 0 Å². The fraction of sp³-hybridized carbons (Fsp3) is 0.490. The Kier molecular flexibility index (Phi) is 13.4. The van der Waals surface area contributed by atoms with Crippen LogP contribution < -0.4 is 0 Å². The molecule has 0 saturated heterocycles. The second-order valence-electron chi connectivity index (χ2n) is 18.6. The Hall–Kier alpha value is -3.32. The molecule has 57 heavy (non-hydrogen) atoms. The average Bonchev–Trinajstić information content (AvgIpc) is 4.01. The van der Waals surface area contributed by atoms with Gasteiger partial charge >= 0.3 is 0 Å². The maximum Gasteiger partial charge on any atom is 0.114 e. The largest absolute Gasteiger partial charge is 0.337 e. The van der Waals surface area contributed by atoms with E-state index in [1.807, 2.05) is 22.7 Å². The topological polar surface area (TPSA) is 30.7 Å². The van der Waals surface area contributed by atoms with Crippen molar-refractivity contribution in [3.05, 3.63) is 83.2 Å². The Morgan fingerprint density at radius 1 is 0.526 bits per heavy atom. The normalized spacial score (nSPS) is 12.6. The molecule has 0 fully saturated rings. The molecule has 0 bridgehead atoms. The molecule has 3 nitrogen and oxygen atoms in total. The minimum absolute atomic E-state index is 0.0949. The number of hydrogen-bond acceptors (Lipinski definition) is 5. The van der Waals surface area contributed by atoms with Gasteiger partial charge in [0.2, 0.25) is 0 Å². The van der Waals surface area contributed by atoms with Gasteiger partial charge in [-0.25, -0.2) is 0 Å².